The first-order valence-electron chi connectivity index (χ1n) is 8.05. The highest BCUT2D eigenvalue weighted by Crippen LogP contribution is 2.20. The van der Waals surface area contributed by atoms with Crippen molar-refractivity contribution in [2.24, 2.45) is 0 Å². The van der Waals surface area contributed by atoms with Crippen LogP contribution < -0.4 is 10.0 Å². The highest BCUT2D eigenvalue weighted by atomic mass is 35.5. The van der Waals surface area contributed by atoms with Crippen LogP contribution in [0, 0.1) is 0 Å². The maximum absolute atomic E-state index is 12.5. The predicted molar refractivity (Wildman–Crippen MR) is 101 cm³/mol. The molecule has 0 heterocycles. The maximum Gasteiger partial charge on any atom is 0.261 e. The van der Waals surface area contributed by atoms with E-state index in [9.17, 15) is 13.2 Å². The van der Waals surface area contributed by atoms with E-state index in [4.69, 9.17) is 11.6 Å². The van der Waals surface area contributed by atoms with Gasteiger partial charge in [-0.25, -0.2) is 8.42 Å². The molecule has 0 aromatic heterocycles. The normalized spacial score (nSPS) is 11.4. The van der Waals surface area contributed by atoms with Crippen molar-refractivity contribution in [2.45, 2.75) is 37.6 Å². The van der Waals surface area contributed by atoms with E-state index in [1.807, 2.05) is 13.8 Å². The molecule has 1 amide bonds. The van der Waals surface area contributed by atoms with Gasteiger partial charge < -0.3 is 5.32 Å². The molecule has 0 aliphatic carbocycles. The highest BCUT2D eigenvalue weighted by Gasteiger charge is 2.17. The minimum Gasteiger partial charge on any atom is -0.349 e. The van der Waals surface area contributed by atoms with E-state index in [1.165, 1.54) is 18.2 Å². The van der Waals surface area contributed by atoms with Gasteiger partial charge in [-0.05, 0) is 49.2 Å². The van der Waals surface area contributed by atoms with Gasteiger partial charge in [0.25, 0.3) is 15.9 Å². The molecule has 0 saturated heterocycles. The number of rotatable bonds is 7. The lowest BCUT2D eigenvalue weighted by Gasteiger charge is -2.15. The Balaban J connectivity index is 2.23. The summed E-state index contributed by atoms with van der Waals surface area (Å²) in [5, 5.41) is 3.33. The average molecular weight is 381 g/mol. The molecule has 0 spiro atoms. The van der Waals surface area contributed by atoms with Gasteiger partial charge in [0.15, 0.2) is 0 Å². The summed E-state index contributed by atoms with van der Waals surface area (Å²) in [6, 6.07) is 12.4. The second-order valence-electron chi connectivity index (χ2n) is 5.63. The van der Waals surface area contributed by atoms with Crippen LogP contribution in [-0.2, 0) is 10.0 Å². The van der Waals surface area contributed by atoms with Crippen molar-refractivity contribution in [2.75, 3.05) is 4.72 Å². The summed E-state index contributed by atoms with van der Waals surface area (Å²) in [4.78, 5) is 12.3. The Morgan fingerprint density at radius 1 is 1.08 bits per heavy atom. The van der Waals surface area contributed by atoms with E-state index < -0.39 is 10.0 Å². The molecule has 0 unspecified atom stereocenters. The van der Waals surface area contributed by atoms with Crippen LogP contribution in [0.3, 0.4) is 0 Å². The van der Waals surface area contributed by atoms with Crippen molar-refractivity contribution in [3.63, 3.8) is 0 Å². The zero-order valence-corrected chi connectivity index (χ0v) is 15.7. The molecule has 25 heavy (non-hydrogen) atoms. The quantitative estimate of drug-likeness (QED) is 0.760. The van der Waals surface area contributed by atoms with Gasteiger partial charge in [0.05, 0.1) is 10.6 Å². The van der Waals surface area contributed by atoms with Crippen molar-refractivity contribution in [1.82, 2.24) is 5.32 Å². The molecule has 5 nitrogen and oxygen atoms in total. The van der Waals surface area contributed by atoms with Gasteiger partial charge in [-0.3, -0.25) is 9.52 Å². The summed E-state index contributed by atoms with van der Waals surface area (Å²) in [5.41, 5.74) is 0.667. The number of amides is 1. The monoisotopic (exact) mass is 380 g/mol. The number of carbonyl (C=O) groups is 1. The number of nitrogens with one attached hydrogen (secondary N) is 2. The lowest BCUT2D eigenvalue weighted by Crippen LogP contribution is -2.33. The second-order valence-corrected chi connectivity index (χ2v) is 7.75. The molecule has 0 aliphatic heterocycles. The van der Waals surface area contributed by atoms with E-state index >= 15 is 0 Å². The van der Waals surface area contributed by atoms with Gasteiger partial charge in [0.2, 0.25) is 0 Å². The first-order chi connectivity index (χ1) is 11.9. The summed E-state index contributed by atoms with van der Waals surface area (Å²) in [6.45, 7) is 3.98. The van der Waals surface area contributed by atoms with Crippen molar-refractivity contribution < 1.29 is 13.2 Å². The number of hydrogen-bond acceptors (Lipinski definition) is 3. The Kier molecular flexibility index (Phi) is 6.45. The maximum atomic E-state index is 12.5. The minimum absolute atomic E-state index is 0.0182. The van der Waals surface area contributed by atoms with Crippen LogP contribution in [0.5, 0.6) is 0 Å². The molecule has 2 aromatic carbocycles. The van der Waals surface area contributed by atoms with Crippen LogP contribution in [0.2, 0.25) is 5.02 Å². The minimum atomic E-state index is -3.81. The Bertz CT molecular complexity index is 849. The fourth-order valence-electron chi connectivity index (χ4n) is 2.33. The highest BCUT2D eigenvalue weighted by molar-refractivity contribution is 7.92. The van der Waals surface area contributed by atoms with Crippen molar-refractivity contribution >= 4 is 33.2 Å². The number of benzene rings is 2. The van der Waals surface area contributed by atoms with Crippen LogP contribution in [0.4, 0.5) is 5.69 Å². The molecule has 134 valence electrons. The summed E-state index contributed by atoms with van der Waals surface area (Å²) in [6.07, 6.45) is 1.63. The Hall–Kier alpha value is -2.05. The zero-order chi connectivity index (χ0) is 18.4. The third kappa shape index (κ3) is 5.21. The lowest BCUT2D eigenvalue weighted by atomic mass is 10.1. The molecule has 0 radical (unpaired) electrons. The van der Waals surface area contributed by atoms with Crippen molar-refractivity contribution in [3.05, 3.63) is 59.1 Å². The Morgan fingerprint density at radius 2 is 1.76 bits per heavy atom. The topological polar surface area (TPSA) is 75.3 Å². The van der Waals surface area contributed by atoms with E-state index in [1.54, 1.807) is 30.3 Å². The first kappa shape index (κ1) is 19.3. The van der Waals surface area contributed by atoms with Crippen LogP contribution in [0.25, 0.3) is 0 Å². The fourth-order valence-corrected chi connectivity index (χ4v) is 3.62. The Labute approximate surface area is 153 Å². The van der Waals surface area contributed by atoms with Gasteiger partial charge >= 0.3 is 0 Å². The molecular formula is C18H21ClN2O3S. The SMILES string of the molecule is CCC(CC)NC(=O)c1cccc(S(=O)(=O)Nc2cccc(Cl)c2)c1. The summed E-state index contributed by atoms with van der Waals surface area (Å²) in [5.74, 6) is -0.284. The summed E-state index contributed by atoms with van der Waals surface area (Å²) >= 11 is 5.87. The lowest BCUT2D eigenvalue weighted by molar-refractivity contribution is 0.0934. The number of halogens is 1. The van der Waals surface area contributed by atoms with Gasteiger partial charge in [-0.2, -0.15) is 0 Å². The summed E-state index contributed by atoms with van der Waals surface area (Å²) in [7, 11) is -3.81. The molecule has 2 N–H and O–H groups in total. The van der Waals surface area contributed by atoms with Gasteiger partial charge in [-0.15, -0.1) is 0 Å². The van der Waals surface area contributed by atoms with Crippen molar-refractivity contribution in [3.8, 4) is 0 Å². The molecule has 0 bridgehead atoms. The molecule has 0 fully saturated rings. The Morgan fingerprint density at radius 3 is 2.40 bits per heavy atom. The van der Waals surface area contributed by atoms with E-state index in [-0.39, 0.29) is 16.8 Å². The van der Waals surface area contributed by atoms with Crippen molar-refractivity contribution in [1.29, 1.82) is 0 Å². The third-order valence-corrected chi connectivity index (χ3v) is 5.42. The zero-order valence-electron chi connectivity index (χ0n) is 14.1. The van der Waals surface area contributed by atoms with Crippen LogP contribution in [0.15, 0.2) is 53.4 Å². The largest absolute Gasteiger partial charge is 0.349 e. The van der Waals surface area contributed by atoms with Crippen LogP contribution >= 0.6 is 11.6 Å². The molecule has 7 heteroatoms. The number of hydrogen-bond donors (Lipinski definition) is 2. The smallest absolute Gasteiger partial charge is 0.261 e. The van der Waals surface area contributed by atoms with E-state index in [0.29, 0.717) is 16.3 Å². The van der Waals surface area contributed by atoms with Crippen LogP contribution in [0.1, 0.15) is 37.0 Å². The van der Waals surface area contributed by atoms with Gasteiger partial charge in [0, 0.05) is 16.6 Å². The average Bonchev–Trinajstić information content (AvgIpc) is 2.59. The first-order valence-corrected chi connectivity index (χ1v) is 9.91. The number of sulfonamides is 1. The molecule has 2 aromatic rings. The predicted octanol–water partition coefficient (Wildman–Crippen LogP) is 4.06. The van der Waals surface area contributed by atoms with Gasteiger partial charge in [0.1, 0.15) is 0 Å². The molecule has 0 saturated carbocycles. The van der Waals surface area contributed by atoms with E-state index in [2.05, 4.69) is 10.0 Å². The number of carbonyl (C=O) groups excluding carboxylic acids is 1. The summed E-state index contributed by atoms with van der Waals surface area (Å²) < 4.78 is 27.5. The van der Waals surface area contributed by atoms with E-state index in [0.717, 1.165) is 12.8 Å². The van der Waals surface area contributed by atoms with Crippen LogP contribution in [-0.4, -0.2) is 20.4 Å². The molecule has 2 rings (SSSR count). The van der Waals surface area contributed by atoms with Gasteiger partial charge in [-0.1, -0.05) is 37.6 Å². The fraction of sp³-hybridized carbons (Fsp3) is 0.278. The third-order valence-electron chi connectivity index (χ3n) is 3.80. The molecular weight excluding hydrogens is 360 g/mol. The number of anilines is 1. The molecule has 0 aliphatic rings. The second kappa shape index (κ2) is 8.36. The standard InChI is InChI=1S/C18H21ClN2O3S/c1-3-15(4-2)20-18(22)13-7-5-10-17(11-13)25(23,24)21-16-9-6-8-14(19)12-16/h5-12,15,21H,3-4H2,1-2H3,(H,20,22). The molecule has 0 atom stereocenters.